The number of carbonyl (C=O) groups excluding carboxylic acids is 3. The van der Waals surface area contributed by atoms with Gasteiger partial charge in [0.05, 0.1) is 12.0 Å². The lowest BCUT2D eigenvalue weighted by atomic mass is 10.0. The van der Waals surface area contributed by atoms with Crippen LogP contribution in [0.15, 0.2) is 53.4 Å². The third kappa shape index (κ3) is 5.10. The smallest absolute Gasteiger partial charge is 0.227 e. The van der Waals surface area contributed by atoms with E-state index in [0.717, 1.165) is 34.7 Å². The van der Waals surface area contributed by atoms with Crippen molar-refractivity contribution in [3.05, 3.63) is 54.1 Å². The fraction of sp³-hybridized carbons (Fsp3) is 0.375. The third-order valence-electron chi connectivity index (χ3n) is 5.87. The van der Waals surface area contributed by atoms with E-state index in [1.54, 1.807) is 16.7 Å². The Balaban J connectivity index is 1.33. The van der Waals surface area contributed by atoms with Crippen LogP contribution in [0.2, 0.25) is 0 Å². The van der Waals surface area contributed by atoms with Crippen LogP contribution in [0.5, 0.6) is 0 Å². The van der Waals surface area contributed by atoms with E-state index in [1.807, 2.05) is 61.7 Å². The van der Waals surface area contributed by atoms with Crippen molar-refractivity contribution < 1.29 is 14.4 Å². The number of hydrogen-bond acceptors (Lipinski definition) is 4. The highest BCUT2D eigenvalue weighted by molar-refractivity contribution is 7.98. The standard InChI is InChI=1S/C24H27N3O3S/c1-15(16-5-7-19(8-6-16)26-23(29)17-3-4-17)25-24(30)18-13-22(28)27(14-18)20-9-11-21(31-2)12-10-20/h5-12,15,17-18H,3-4,13-14H2,1-2H3,(H,25,30)(H,26,29). The Kier molecular flexibility index (Phi) is 6.32. The summed E-state index contributed by atoms with van der Waals surface area (Å²) in [6.07, 6.45) is 4.17. The lowest BCUT2D eigenvalue weighted by Crippen LogP contribution is -2.34. The molecule has 6 nitrogen and oxygen atoms in total. The first-order chi connectivity index (χ1) is 14.9. The van der Waals surface area contributed by atoms with E-state index in [0.29, 0.717) is 6.54 Å². The number of thioether (sulfide) groups is 1. The second-order valence-electron chi connectivity index (χ2n) is 8.22. The predicted octanol–water partition coefficient (Wildman–Crippen LogP) is 3.99. The highest BCUT2D eigenvalue weighted by Crippen LogP contribution is 2.30. The van der Waals surface area contributed by atoms with Gasteiger partial charge in [-0.2, -0.15) is 0 Å². The maximum Gasteiger partial charge on any atom is 0.227 e. The first-order valence-corrected chi connectivity index (χ1v) is 11.8. The SMILES string of the molecule is CSc1ccc(N2CC(C(=O)NC(C)c3ccc(NC(=O)C4CC4)cc3)CC2=O)cc1. The molecule has 162 valence electrons. The molecule has 1 aliphatic carbocycles. The van der Waals surface area contributed by atoms with Gasteiger partial charge in [0, 0.05) is 35.2 Å². The maximum atomic E-state index is 12.8. The quantitative estimate of drug-likeness (QED) is 0.642. The molecule has 2 aliphatic rings. The van der Waals surface area contributed by atoms with Crippen molar-refractivity contribution in [2.24, 2.45) is 11.8 Å². The molecule has 2 fully saturated rings. The summed E-state index contributed by atoms with van der Waals surface area (Å²) in [6, 6.07) is 15.2. The van der Waals surface area contributed by atoms with E-state index in [-0.39, 0.29) is 42.0 Å². The number of benzene rings is 2. The number of amides is 3. The number of hydrogen-bond donors (Lipinski definition) is 2. The van der Waals surface area contributed by atoms with Crippen LogP contribution in [0, 0.1) is 11.8 Å². The first-order valence-electron chi connectivity index (χ1n) is 10.6. The average molecular weight is 438 g/mol. The molecular formula is C24H27N3O3S. The minimum absolute atomic E-state index is 0.0274. The van der Waals surface area contributed by atoms with Crippen LogP contribution >= 0.6 is 11.8 Å². The van der Waals surface area contributed by atoms with Crippen molar-refractivity contribution in [1.29, 1.82) is 0 Å². The summed E-state index contributed by atoms with van der Waals surface area (Å²) < 4.78 is 0. The van der Waals surface area contributed by atoms with Gasteiger partial charge in [-0.25, -0.2) is 0 Å². The van der Waals surface area contributed by atoms with E-state index < -0.39 is 0 Å². The molecular weight excluding hydrogens is 410 g/mol. The van der Waals surface area contributed by atoms with Crippen LogP contribution in [0.1, 0.15) is 37.8 Å². The van der Waals surface area contributed by atoms with Crippen molar-refractivity contribution in [3.63, 3.8) is 0 Å². The first kappa shape index (κ1) is 21.4. The summed E-state index contributed by atoms with van der Waals surface area (Å²) in [5.74, 6) is -0.273. The molecule has 0 bridgehead atoms. The van der Waals surface area contributed by atoms with E-state index in [4.69, 9.17) is 0 Å². The molecule has 2 atom stereocenters. The molecule has 3 amide bonds. The zero-order valence-corrected chi connectivity index (χ0v) is 18.6. The van der Waals surface area contributed by atoms with Crippen LogP contribution in [0.4, 0.5) is 11.4 Å². The molecule has 0 spiro atoms. The number of anilines is 2. The largest absolute Gasteiger partial charge is 0.349 e. The Morgan fingerprint density at radius 2 is 1.68 bits per heavy atom. The van der Waals surface area contributed by atoms with Gasteiger partial charge in [0.2, 0.25) is 17.7 Å². The second kappa shape index (κ2) is 9.14. The van der Waals surface area contributed by atoms with Crippen LogP contribution in [-0.2, 0) is 14.4 Å². The summed E-state index contributed by atoms with van der Waals surface area (Å²) in [5, 5.41) is 5.95. The fourth-order valence-electron chi connectivity index (χ4n) is 3.75. The molecule has 2 N–H and O–H groups in total. The molecule has 2 aromatic rings. The third-order valence-corrected chi connectivity index (χ3v) is 6.61. The summed E-state index contributed by atoms with van der Waals surface area (Å²) >= 11 is 1.65. The fourth-order valence-corrected chi connectivity index (χ4v) is 4.16. The second-order valence-corrected chi connectivity index (χ2v) is 9.10. The molecule has 0 aromatic heterocycles. The molecule has 2 aromatic carbocycles. The minimum atomic E-state index is -0.368. The average Bonchev–Trinajstić information content (AvgIpc) is 3.56. The maximum absolute atomic E-state index is 12.8. The Labute approximate surface area is 186 Å². The molecule has 1 heterocycles. The van der Waals surface area contributed by atoms with Crippen molar-refractivity contribution >= 4 is 40.9 Å². The van der Waals surface area contributed by atoms with Crippen molar-refractivity contribution in [1.82, 2.24) is 5.32 Å². The molecule has 4 rings (SSSR count). The Morgan fingerprint density at radius 1 is 1.00 bits per heavy atom. The van der Waals surface area contributed by atoms with Crippen molar-refractivity contribution in [3.8, 4) is 0 Å². The monoisotopic (exact) mass is 437 g/mol. The summed E-state index contributed by atoms with van der Waals surface area (Å²) in [5.41, 5.74) is 2.55. The van der Waals surface area contributed by atoms with Gasteiger partial charge in [-0.05, 0) is 68.0 Å². The zero-order valence-electron chi connectivity index (χ0n) is 17.8. The molecule has 1 saturated heterocycles. The van der Waals surface area contributed by atoms with Crippen molar-refractivity contribution in [2.45, 2.75) is 37.1 Å². The molecule has 1 saturated carbocycles. The lowest BCUT2D eigenvalue weighted by molar-refractivity contribution is -0.126. The molecule has 31 heavy (non-hydrogen) atoms. The van der Waals surface area contributed by atoms with Gasteiger partial charge in [-0.3, -0.25) is 14.4 Å². The van der Waals surface area contributed by atoms with E-state index in [2.05, 4.69) is 10.6 Å². The topological polar surface area (TPSA) is 78.5 Å². The molecule has 2 unspecified atom stereocenters. The normalized spacial score (nSPS) is 19.2. The van der Waals surface area contributed by atoms with Gasteiger partial charge in [0.15, 0.2) is 0 Å². The number of carbonyl (C=O) groups is 3. The van der Waals surface area contributed by atoms with Gasteiger partial charge < -0.3 is 15.5 Å². The highest BCUT2D eigenvalue weighted by atomic mass is 32.2. The Morgan fingerprint density at radius 3 is 2.29 bits per heavy atom. The number of nitrogens with zero attached hydrogens (tertiary/aromatic N) is 1. The Hall–Kier alpha value is -2.80. The molecule has 1 aliphatic heterocycles. The van der Waals surface area contributed by atoms with E-state index in [9.17, 15) is 14.4 Å². The van der Waals surface area contributed by atoms with Gasteiger partial charge >= 0.3 is 0 Å². The summed E-state index contributed by atoms with van der Waals surface area (Å²) in [7, 11) is 0. The van der Waals surface area contributed by atoms with Gasteiger partial charge in [-0.15, -0.1) is 11.8 Å². The van der Waals surface area contributed by atoms with Crippen LogP contribution in [0.25, 0.3) is 0 Å². The number of rotatable bonds is 7. The van der Waals surface area contributed by atoms with E-state index >= 15 is 0 Å². The summed E-state index contributed by atoms with van der Waals surface area (Å²) in [4.78, 5) is 40.0. The van der Waals surface area contributed by atoms with Crippen molar-refractivity contribution in [2.75, 3.05) is 23.0 Å². The lowest BCUT2D eigenvalue weighted by Gasteiger charge is -2.19. The van der Waals surface area contributed by atoms with Gasteiger partial charge in [0.1, 0.15) is 0 Å². The molecule has 0 radical (unpaired) electrons. The highest BCUT2D eigenvalue weighted by Gasteiger charge is 2.35. The number of nitrogens with one attached hydrogen (secondary N) is 2. The van der Waals surface area contributed by atoms with Gasteiger partial charge in [-0.1, -0.05) is 12.1 Å². The van der Waals surface area contributed by atoms with Crippen LogP contribution < -0.4 is 15.5 Å². The van der Waals surface area contributed by atoms with Crippen LogP contribution in [-0.4, -0.2) is 30.5 Å². The predicted molar refractivity (Wildman–Crippen MR) is 123 cm³/mol. The van der Waals surface area contributed by atoms with E-state index in [1.165, 1.54) is 0 Å². The zero-order chi connectivity index (χ0) is 22.0. The van der Waals surface area contributed by atoms with Gasteiger partial charge in [0.25, 0.3) is 0 Å². The van der Waals surface area contributed by atoms with Crippen LogP contribution in [0.3, 0.4) is 0 Å². The summed E-state index contributed by atoms with van der Waals surface area (Å²) in [6.45, 7) is 2.31. The minimum Gasteiger partial charge on any atom is -0.349 e. The Bertz CT molecular complexity index is 971. The molecule has 7 heteroatoms.